The minimum atomic E-state index is 0. The van der Waals surface area contributed by atoms with Gasteiger partial charge in [0, 0.05) is 0 Å². The first kappa shape index (κ1) is 17.2. The van der Waals surface area contributed by atoms with E-state index in [-0.39, 0.29) is 14.9 Å². The highest BCUT2D eigenvalue weighted by atomic mass is 13.8. The zero-order valence-electron chi connectivity index (χ0n) is 6.67. The van der Waals surface area contributed by atoms with Crippen LogP contribution in [0.25, 0.3) is 6.08 Å². The molecule has 0 aromatic heterocycles. The van der Waals surface area contributed by atoms with E-state index in [0.717, 1.165) is 0 Å². The molecule has 0 aliphatic carbocycles. The first-order valence-electron chi connectivity index (χ1n) is 3.61. The molecule has 1 aromatic rings. The average Bonchev–Trinajstić information content (AvgIpc) is 2.10. The molecule has 0 atom stereocenters. The van der Waals surface area contributed by atoms with Crippen molar-refractivity contribution in [2.45, 2.75) is 28.7 Å². The quantitative estimate of drug-likeness (QED) is 0.570. The zero-order chi connectivity index (χ0) is 7.82. The van der Waals surface area contributed by atoms with Gasteiger partial charge >= 0.3 is 0 Å². The van der Waals surface area contributed by atoms with Crippen molar-refractivity contribution in [2.75, 3.05) is 0 Å². The normalized spacial score (nSPS) is 6.17. The predicted molar refractivity (Wildman–Crippen MR) is 61.3 cm³/mol. The van der Waals surface area contributed by atoms with Crippen molar-refractivity contribution in [3.8, 4) is 0 Å². The fourth-order valence-corrected chi connectivity index (χ4v) is 0.589. The highest BCUT2D eigenvalue weighted by Gasteiger charge is 1.75. The van der Waals surface area contributed by atoms with Crippen LogP contribution in [0.1, 0.15) is 34.3 Å². The van der Waals surface area contributed by atoms with Gasteiger partial charge in [0.25, 0.3) is 0 Å². The molecular formula is C12H22. The lowest BCUT2D eigenvalue weighted by Gasteiger charge is -1.85. The van der Waals surface area contributed by atoms with Crippen LogP contribution in [0.2, 0.25) is 0 Å². The van der Waals surface area contributed by atoms with Crippen LogP contribution < -0.4 is 0 Å². The van der Waals surface area contributed by atoms with Gasteiger partial charge in [0.1, 0.15) is 0 Å². The fourth-order valence-electron chi connectivity index (χ4n) is 0.589. The maximum Gasteiger partial charge on any atom is -0.0263 e. The van der Waals surface area contributed by atoms with Gasteiger partial charge in [0.15, 0.2) is 0 Å². The van der Waals surface area contributed by atoms with Crippen molar-refractivity contribution in [1.29, 1.82) is 0 Å². The summed E-state index contributed by atoms with van der Waals surface area (Å²) in [5.41, 5.74) is 1.17. The van der Waals surface area contributed by atoms with Crippen LogP contribution in [0.5, 0.6) is 0 Å². The molecule has 0 saturated heterocycles. The van der Waals surface area contributed by atoms with E-state index in [4.69, 9.17) is 0 Å². The maximum atomic E-state index is 3.63. The van der Waals surface area contributed by atoms with Gasteiger partial charge in [0.05, 0.1) is 0 Å². The monoisotopic (exact) mass is 166 g/mol. The Kier molecular flexibility index (Phi) is 18.0. The predicted octanol–water partition coefficient (Wildman–Crippen LogP) is 4.63. The van der Waals surface area contributed by atoms with Gasteiger partial charge in [-0.1, -0.05) is 71.7 Å². The summed E-state index contributed by atoms with van der Waals surface area (Å²) in [6, 6.07) is 10.0. The third-order valence-corrected chi connectivity index (χ3v) is 1.04. The third-order valence-electron chi connectivity index (χ3n) is 1.04. The highest BCUT2D eigenvalue weighted by molar-refractivity contribution is 5.45. The molecule has 0 saturated carbocycles. The molecule has 0 heterocycles. The molecule has 0 N–H and O–H groups in total. The van der Waals surface area contributed by atoms with Crippen LogP contribution >= 0.6 is 0 Å². The van der Waals surface area contributed by atoms with Crippen LogP contribution in [0.4, 0.5) is 0 Å². The molecule has 0 radical (unpaired) electrons. The third kappa shape index (κ3) is 7.07. The Morgan fingerprint density at radius 2 is 1.42 bits per heavy atom. The van der Waals surface area contributed by atoms with E-state index >= 15 is 0 Å². The Bertz CT molecular complexity index is 163. The van der Waals surface area contributed by atoms with E-state index in [0.29, 0.717) is 0 Å². The number of benzene rings is 1. The summed E-state index contributed by atoms with van der Waals surface area (Å²) >= 11 is 0. The molecule has 1 aromatic carbocycles. The summed E-state index contributed by atoms with van der Waals surface area (Å²) in [6.07, 6.45) is 1.83. The van der Waals surface area contributed by atoms with Crippen molar-refractivity contribution < 1.29 is 0 Å². The summed E-state index contributed by atoms with van der Waals surface area (Å²) in [4.78, 5) is 0. The first-order chi connectivity index (χ1) is 4.93. The fraction of sp³-hybridized carbons (Fsp3) is 0.333. The Hall–Kier alpha value is -1.04. The molecule has 0 nitrogen and oxygen atoms in total. The highest BCUT2D eigenvalue weighted by Crippen LogP contribution is 1.97. The van der Waals surface area contributed by atoms with E-state index in [9.17, 15) is 0 Å². The molecule has 0 aliphatic rings. The topological polar surface area (TPSA) is 0 Å². The number of rotatable bonds is 1. The van der Waals surface area contributed by atoms with Crippen LogP contribution in [-0.2, 0) is 0 Å². The lowest BCUT2D eigenvalue weighted by molar-refractivity contribution is 1.50. The van der Waals surface area contributed by atoms with Gasteiger partial charge in [-0.3, -0.25) is 0 Å². The molecule has 0 spiro atoms. The van der Waals surface area contributed by atoms with E-state index < -0.39 is 0 Å². The summed E-state index contributed by atoms with van der Waals surface area (Å²) in [7, 11) is 0. The second kappa shape index (κ2) is 12.6. The van der Waals surface area contributed by atoms with Crippen molar-refractivity contribution in [1.82, 2.24) is 0 Å². The molecule has 0 heteroatoms. The van der Waals surface area contributed by atoms with Crippen molar-refractivity contribution in [2.24, 2.45) is 0 Å². The molecule has 12 heavy (non-hydrogen) atoms. The van der Waals surface area contributed by atoms with E-state index in [1.807, 2.05) is 50.3 Å². The van der Waals surface area contributed by atoms with Crippen LogP contribution in [0.3, 0.4) is 0 Å². The van der Waals surface area contributed by atoms with E-state index in [1.165, 1.54) is 5.56 Å². The van der Waals surface area contributed by atoms with Crippen LogP contribution in [0, 0.1) is 0 Å². The largest absolute Gasteiger partial charge is 0.0985 e. The SMILES string of the molecule is C.C.C=Cc1ccccc1.CC. The number of hydrogen-bond donors (Lipinski definition) is 0. The maximum absolute atomic E-state index is 3.63. The van der Waals surface area contributed by atoms with Gasteiger partial charge in [-0.2, -0.15) is 0 Å². The standard InChI is InChI=1S/C8H8.C2H6.2CH4/c1-2-8-6-4-3-5-7-8;1-2;;/h2-7H,1H2;1-2H3;2*1H4. The first-order valence-corrected chi connectivity index (χ1v) is 3.61. The van der Waals surface area contributed by atoms with Gasteiger partial charge in [0.2, 0.25) is 0 Å². The lowest BCUT2D eigenvalue weighted by atomic mass is 10.2. The molecule has 0 aliphatic heterocycles. The Labute approximate surface area is 77.9 Å². The molecule has 70 valence electrons. The minimum absolute atomic E-state index is 0. The van der Waals surface area contributed by atoms with Gasteiger partial charge < -0.3 is 0 Å². The van der Waals surface area contributed by atoms with E-state index in [1.54, 1.807) is 0 Å². The van der Waals surface area contributed by atoms with Crippen LogP contribution in [0.15, 0.2) is 36.9 Å². The summed E-state index contributed by atoms with van der Waals surface area (Å²) in [5.74, 6) is 0. The number of hydrogen-bond acceptors (Lipinski definition) is 0. The second-order valence-corrected chi connectivity index (χ2v) is 1.61. The van der Waals surface area contributed by atoms with Crippen molar-refractivity contribution in [3.63, 3.8) is 0 Å². The summed E-state index contributed by atoms with van der Waals surface area (Å²) in [5, 5.41) is 0. The Morgan fingerprint density at radius 1 is 1.00 bits per heavy atom. The molecule has 0 bridgehead atoms. The molecule has 0 amide bonds. The second-order valence-electron chi connectivity index (χ2n) is 1.61. The molecule has 1 rings (SSSR count). The van der Waals surface area contributed by atoms with E-state index in [2.05, 4.69) is 6.58 Å². The van der Waals surface area contributed by atoms with Crippen LogP contribution in [-0.4, -0.2) is 0 Å². The van der Waals surface area contributed by atoms with Gasteiger partial charge in [-0.05, 0) is 5.56 Å². The zero-order valence-corrected chi connectivity index (χ0v) is 6.67. The molecule has 0 unspecified atom stereocenters. The Balaban J connectivity index is -0.000000189. The smallest absolute Gasteiger partial charge is 0.0263 e. The summed E-state index contributed by atoms with van der Waals surface area (Å²) in [6.45, 7) is 7.63. The van der Waals surface area contributed by atoms with Gasteiger partial charge in [-0.25, -0.2) is 0 Å². The average molecular weight is 166 g/mol. The molecular weight excluding hydrogens is 144 g/mol. The van der Waals surface area contributed by atoms with Crippen molar-refractivity contribution in [3.05, 3.63) is 42.5 Å². The summed E-state index contributed by atoms with van der Waals surface area (Å²) < 4.78 is 0. The lowest BCUT2D eigenvalue weighted by Crippen LogP contribution is -1.63. The Morgan fingerprint density at radius 3 is 1.67 bits per heavy atom. The minimum Gasteiger partial charge on any atom is -0.0985 e. The van der Waals surface area contributed by atoms with Gasteiger partial charge in [-0.15, -0.1) is 0 Å². The molecule has 0 fully saturated rings. The van der Waals surface area contributed by atoms with Crippen molar-refractivity contribution >= 4 is 6.08 Å².